The van der Waals surface area contributed by atoms with E-state index in [0.717, 1.165) is 26.1 Å². The molecule has 1 aliphatic carbocycles. The molecule has 128 valence electrons. The number of ether oxygens (including phenoxy) is 1. The van der Waals surface area contributed by atoms with E-state index in [4.69, 9.17) is 4.74 Å². The molecule has 5 nitrogen and oxygen atoms in total. The van der Waals surface area contributed by atoms with Crippen molar-refractivity contribution in [1.29, 1.82) is 0 Å². The molecule has 2 N–H and O–H groups in total. The molecule has 2 aliphatic rings. The fourth-order valence-electron chi connectivity index (χ4n) is 3.95. The second-order valence-corrected chi connectivity index (χ2v) is 8.35. The van der Waals surface area contributed by atoms with Crippen molar-refractivity contribution >= 4 is 10.0 Å². The summed E-state index contributed by atoms with van der Waals surface area (Å²) < 4.78 is 32.5. The highest BCUT2D eigenvalue weighted by Gasteiger charge is 2.43. The summed E-state index contributed by atoms with van der Waals surface area (Å²) in [6, 6.07) is 9.01. The molecule has 1 aromatic carbocycles. The van der Waals surface area contributed by atoms with Crippen LogP contribution in [0.3, 0.4) is 0 Å². The van der Waals surface area contributed by atoms with Crippen molar-refractivity contribution in [2.45, 2.75) is 43.0 Å². The molecule has 1 aromatic rings. The van der Waals surface area contributed by atoms with Crippen LogP contribution in [0.25, 0.3) is 0 Å². The first-order valence-electron chi connectivity index (χ1n) is 8.48. The smallest absolute Gasteiger partial charge is 0.240 e. The topological polar surface area (TPSA) is 67.4 Å². The Morgan fingerprint density at radius 2 is 1.83 bits per heavy atom. The maximum atomic E-state index is 12.2. The van der Waals surface area contributed by atoms with Crippen molar-refractivity contribution in [2.24, 2.45) is 5.41 Å². The predicted octanol–water partition coefficient (Wildman–Crippen LogP) is 1.90. The summed E-state index contributed by atoms with van der Waals surface area (Å²) in [6.07, 6.45) is 5.96. The Kier molecular flexibility index (Phi) is 5.36. The predicted molar refractivity (Wildman–Crippen MR) is 89.8 cm³/mol. The molecule has 0 bridgehead atoms. The van der Waals surface area contributed by atoms with E-state index in [0.29, 0.717) is 29.4 Å². The Balaban J connectivity index is 1.48. The fraction of sp³-hybridized carbons (Fsp3) is 0.647. The second kappa shape index (κ2) is 7.30. The van der Waals surface area contributed by atoms with Crippen LogP contribution in [0, 0.1) is 5.41 Å². The van der Waals surface area contributed by atoms with Gasteiger partial charge in [-0.25, -0.2) is 13.1 Å². The first-order chi connectivity index (χ1) is 11.1. The van der Waals surface area contributed by atoms with Gasteiger partial charge in [0.1, 0.15) is 0 Å². The van der Waals surface area contributed by atoms with Crippen LogP contribution in [-0.2, 0) is 14.8 Å². The van der Waals surface area contributed by atoms with E-state index in [-0.39, 0.29) is 0 Å². The molecular weight excluding hydrogens is 312 g/mol. The van der Waals surface area contributed by atoms with E-state index < -0.39 is 10.0 Å². The van der Waals surface area contributed by atoms with E-state index in [2.05, 4.69) is 10.0 Å². The maximum Gasteiger partial charge on any atom is 0.240 e. The summed E-state index contributed by atoms with van der Waals surface area (Å²) >= 11 is 0. The van der Waals surface area contributed by atoms with Gasteiger partial charge in [-0.3, -0.25) is 0 Å². The molecule has 1 aliphatic heterocycles. The quantitative estimate of drug-likeness (QED) is 0.778. The van der Waals surface area contributed by atoms with Gasteiger partial charge >= 0.3 is 0 Å². The molecule has 1 heterocycles. The zero-order chi connectivity index (χ0) is 16.2. The lowest BCUT2D eigenvalue weighted by Gasteiger charge is -2.39. The number of rotatable bonds is 6. The molecule has 1 spiro atoms. The lowest BCUT2D eigenvalue weighted by atomic mass is 9.75. The zero-order valence-electron chi connectivity index (χ0n) is 13.5. The lowest BCUT2D eigenvalue weighted by molar-refractivity contribution is 0.00463. The average Bonchev–Trinajstić information content (AvgIpc) is 2.95. The van der Waals surface area contributed by atoms with Gasteiger partial charge in [0.05, 0.1) is 4.90 Å². The molecule has 1 saturated heterocycles. The van der Waals surface area contributed by atoms with Crippen molar-refractivity contribution in [3.63, 3.8) is 0 Å². The minimum Gasteiger partial charge on any atom is -0.381 e. The maximum absolute atomic E-state index is 12.2. The van der Waals surface area contributed by atoms with E-state index >= 15 is 0 Å². The summed E-state index contributed by atoms with van der Waals surface area (Å²) in [4.78, 5) is 0.321. The molecule has 6 heteroatoms. The highest BCUT2D eigenvalue weighted by molar-refractivity contribution is 7.89. The summed E-state index contributed by atoms with van der Waals surface area (Å²) in [5.41, 5.74) is 0.372. The molecule has 0 amide bonds. The zero-order valence-corrected chi connectivity index (χ0v) is 14.3. The van der Waals surface area contributed by atoms with Gasteiger partial charge in [0.25, 0.3) is 0 Å². The van der Waals surface area contributed by atoms with E-state index in [1.165, 1.54) is 19.3 Å². The highest BCUT2D eigenvalue weighted by Crippen LogP contribution is 2.45. The van der Waals surface area contributed by atoms with Crippen molar-refractivity contribution < 1.29 is 13.2 Å². The highest BCUT2D eigenvalue weighted by atomic mass is 32.2. The Morgan fingerprint density at radius 3 is 2.57 bits per heavy atom. The average molecular weight is 338 g/mol. The fourth-order valence-corrected chi connectivity index (χ4v) is 5.00. The van der Waals surface area contributed by atoms with Gasteiger partial charge in [0.2, 0.25) is 10.0 Å². The van der Waals surface area contributed by atoms with Gasteiger partial charge in [-0.1, -0.05) is 24.6 Å². The Hall–Kier alpha value is -0.950. The second-order valence-electron chi connectivity index (χ2n) is 6.58. The van der Waals surface area contributed by atoms with Crippen molar-refractivity contribution in [3.05, 3.63) is 30.3 Å². The van der Waals surface area contributed by atoms with Gasteiger partial charge in [-0.2, -0.15) is 0 Å². The van der Waals surface area contributed by atoms with Crippen LogP contribution in [0.4, 0.5) is 0 Å². The van der Waals surface area contributed by atoms with Crippen LogP contribution in [-0.4, -0.2) is 40.8 Å². The summed E-state index contributed by atoms with van der Waals surface area (Å²) in [6.45, 7) is 2.80. The van der Waals surface area contributed by atoms with E-state index in [1.54, 1.807) is 24.3 Å². The Bertz CT molecular complexity index is 598. The number of hydrogen-bond acceptors (Lipinski definition) is 4. The normalized spacial score (nSPS) is 24.1. The monoisotopic (exact) mass is 338 g/mol. The third-order valence-electron chi connectivity index (χ3n) is 5.26. The number of hydrogen-bond donors (Lipinski definition) is 2. The molecule has 0 aromatic heterocycles. The lowest BCUT2D eigenvalue weighted by Crippen LogP contribution is -2.46. The molecule has 23 heavy (non-hydrogen) atoms. The minimum absolute atomic E-state index is 0.321. The molecule has 3 rings (SSSR count). The van der Waals surface area contributed by atoms with Gasteiger partial charge < -0.3 is 10.1 Å². The Morgan fingerprint density at radius 1 is 1.09 bits per heavy atom. The van der Waals surface area contributed by atoms with Gasteiger partial charge in [0, 0.05) is 32.3 Å². The SMILES string of the molecule is O=S(=O)(NCCN[C@@H]1CCCC12CCOCC2)c1ccccc1. The van der Waals surface area contributed by atoms with Gasteiger partial charge in [0.15, 0.2) is 0 Å². The van der Waals surface area contributed by atoms with E-state index in [1.807, 2.05) is 6.07 Å². The molecule has 0 radical (unpaired) electrons. The summed E-state index contributed by atoms with van der Waals surface area (Å²) in [5, 5.41) is 3.58. The number of sulfonamides is 1. The third kappa shape index (κ3) is 3.94. The van der Waals surface area contributed by atoms with Crippen LogP contribution in [0.1, 0.15) is 32.1 Å². The van der Waals surface area contributed by atoms with E-state index in [9.17, 15) is 8.42 Å². The molecule has 1 saturated carbocycles. The van der Waals surface area contributed by atoms with Crippen LogP contribution in [0.2, 0.25) is 0 Å². The Labute approximate surface area is 138 Å². The largest absolute Gasteiger partial charge is 0.381 e. The molecule has 2 fully saturated rings. The van der Waals surface area contributed by atoms with Crippen LogP contribution in [0.15, 0.2) is 35.2 Å². The third-order valence-corrected chi connectivity index (χ3v) is 6.73. The van der Waals surface area contributed by atoms with Crippen LogP contribution < -0.4 is 10.0 Å². The number of benzene rings is 1. The van der Waals surface area contributed by atoms with Crippen molar-refractivity contribution in [3.8, 4) is 0 Å². The molecule has 0 unspecified atom stereocenters. The summed E-state index contributed by atoms with van der Waals surface area (Å²) in [5.74, 6) is 0. The first-order valence-corrected chi connectivity index (χ1v) is 9.97. The first kappa shape index (κ1) is 16.9. The molecular formula is C17H26N2O3S. The van der Waals surface area contributed by atoms with Gasteiger partial charge in [-0.05, 0) is 43.2 Å². The van der Waals surface area contributed by atoms with Crippen LogP contribution in [0.5, 0.6) is 0 Å². The van der Waals surface area contributed by atoms with Crippen molar-refractivity contribution in [2.75, 3.05) is 26.3 Å². The van der Waals surface area contributed by atoms with Crippen molar-refractivity contribution in [1.82, 2.24) is 10.0 Å². The minimum atomic E-state index is -3.40. The number of nitrogens with one attached hydrogen (secondary N) is 2. The molecule has 1 atom stereocenters. The van der Waals surface area contributed by atoms with Crippen LogP contribution >= 0.6 is 0 Å². The standard InChI is InChI=1S/C17H26N2O3S/c20-23(21,15-5-2-1-3-6-15)19-12-11-18-16-7-4-8-17(16)9-13-22-14-10-17/h1-3,5-6,16,18-19H,4,7-14H2/t16-/m1/s1. The summed E-state index contributed by atoms with van der Waals surface area (Å²) in [7, 11) is -3.40. The van der Waals surface area contributed by atoms with Gasteiger partial charge in [-0.15, -0.1) is 0 Å².